The number of nitrogens with zero attached hydrogens (tertiary/aromatic N) is 2. The number of aryl methyl sites for hydroxylation is 1. The lowest BCUT2D eigenvalue weighted by atomic mass is 9.61. The second kappa shape index (κ2) is 18.8. The van der Waals surface area contributed by atoms with Gasteiger partial charge in [-0.25, -0.2) is 9.59 Å². The summed E-state index contributed by atoms with van der Waals surface area (Å²) in [6.07, 6.45) is -0.426. The predicted octanol–water partition coefficient (Wildman–Crippen LogP) is 6.05. The molecule has 0 aromatic heterocycles. The van der Waals surface area contributed by atoms with E-state index >= 15 is 0 Å². The number of nitriles is 1. The molecule has 59 heavy (non-hydrogen) atoms. The fourth-order valence-electron chi connectivity index (χ4n) is 7.77. The molecule has 0 saturated carbocycles. The Morgan fingerprint density at radius 2 is 1.46 bits per heavy atom. The monoisotopic (exact) mass is 808 g/mol. The van der Waals surface area contributed by atoms with Crippen molar-refractivity contribution < 1.29 is 43.4 Å². The van der Waals surface area contributed by atoms with Crippen molar-refractivity contribution >= 4 is 58.7 Å². The van der Waals surface area contributed by atoms with Crippen molar-refractivity contribution in [3.63, 3.8) is 0 Å². The highest BCUT2D eigenvalue weighted by molar-refractivity contribution is 6.23. The number of carboxylic acid groups (broad SMARTS) is 1. The van der Waals surface area contributed by atoms with E-state index < -0.39 is 82.0 Å². The number of amides is 6. The molecule has 1 saturated heterocycles. The Hall–Kier alpha value is -6.56. The van der Waals surface area contributed by atoms with Gasteiger partial charge in [-0.2, -0.15) is 5.26 Å². The van der Waals surface area contributed by atoms with E-state index in [1.54, 1.807) is 56.3 Å². The van der Waals surface area contributed by atoms with E-state index in [2.05, 4.69) is 22.0 Å². The van der Waals surface area contributed by atoms with Gasteiger partial charge in [-0.15, -0.1) is 0 Å². The maximum Gasteiger partial charge on any atom is 0.335 e. The number of urea groups is 1. The molecule has 1 aliphatic heterocycles. The highest BCUT2D eigenvalue weighted by Gasteiger charge is 2.59. The summed E-state index contributed by atoms with van der Waals surface area (Å²) in [6, 6.07) is 22.6. The van der Waals surface area contributed by atoms with E-state index in [0.717, 1.165) is 10.5 Å². The van der Waals surface area contributed by atoms with E-state index in [1.165, 1.54) is 45.0 Å². The van der Waals surface area contributed by atoms with Gasteiger partial charge in [-0.1, -0.05) is 56.7 Å². The first-order valence-corrected chi connectivity index (χ1v) is 19.3. The molecule has 0 spiro atoms. The lowest BCUT2D eigenvalue weighted by molar-refractivity contribution is -0.161. The Morgan fingerprint density at radius 3 is 2.02 bits per heavy atom. The number of carboxylic acids is 1. The molecule has 15 heteroatoms. The van der Waals surface area contributed by atoms with Crippen LogP contribution in [0.2, 0.25) is 0 Å². The molecule has 6 N–H and O–H groups in total. The summed E-state index contributed by atoms with van der Waals surface area (Å²) in [6.45, 7) is 9.39. The van der Waals surface area contributed by atoms with E-state index in [9.17, 15) is 43.9 Å². The van der Waals surface area contributed by atoms with E-state index in [4.69, 9.17) is 10.5 Å². The Bertz CT molecular complexity index is 2100. The zero-order valence-corrected chi connectivity index (χ0v) is 34.2. The molecule has 0 radical (unpaired) electrons. The first-order valence-electron chi connectivity index (χ1n) is 19.3. The molecule has 1 fully saturated rings. The van der Waals surface area contributed by atoms with Gasteiger partial charge in [0.05, 0.1) is 40.6 Å². The van der Waals surface area contributed by atoms with Crippen LogP contribution in [-0.2, 0) is 28.7 Å². The van der Waals surface area contributed by atoms with Crippen molar-refractivity contribution in [2.45, 2.75) is 67.2 Å². The molecular weight excluding hydrogens is 757 g/mol. The number of carbonyl (C=O) groups is 7. The van der Waals surface area contributed by atoms with Gasteiger partial charge in [-0.3, -0.25) is 28.9 Å². The Kier molecular flexibility index (Phi) is 14.4. The third-order valence-corrected chi connectivity index (χ3v) is 11.3. The number of hydrogen-bond acceptors (Lipinski definition) is 9. The number of rotatable bonds is 18. The lowest BCUT2D eigenvalue weighted by Crippen LogP contribution is -2.51. The molecule has 1 heterocycles. The van der Waals surface area contributed by atoms with Crippen LogP contribution in [0.4, 0.5) is 21.9 Å². The number of primary amides is 1. The topological polar surface area (TPSA) is 238 Å². The van der Waals surface area contributed by atoms with Crippen LogP contribution in [0, 0.1) is 52.3 Å². The second-order valence-electron chi connectivity index (χ2n) is 16.0. The average Bonchev–Trinajstić information content (AvgIpc) is 3.43. The van der Waals surface area contributed by atoms with Crippen molar-refractivity contribution in [3.8, 4) is 6.07 Å². The predicted molar refractivity (Wildman–Crippen MR) is 220 cm³/mol. The summed E-state index contributed by atoms with van der Waals surface area (Å²) in [5.74, 6) is -7.88. The van der Waals surface area contributed by atoms with Crippen LogP contribution in [0.1, 0.15) is 76.2 Å². The zero-order valence-electron chi connectivity index (χ0n) is 34.2. The minimum atomic E-state index is -1.82. The number of para-hydroxylation sites is 1. The van der Waals surface area contributed by atoms with Crippen LogP contribution in [0.5, 0.6) is 0 Å². The van der Waals surface area contributed by atoms with Gasteiger partial charge < -0.3 is 31.5 Å². The molecule has 15 nitrogen and oxygen atoms in total. The van der Waals surface area contributed by atoms with E-state index in [1.807, 2.05) is 19.1 Å². The van der Waals surface area contributed by atoms with Crippen molar-refractivity contribution in [2.24, 2.45) is 39.7 Å². The largest absolute Gasteiger partial charge is 0.478 e. The minimum Gasteiger partial charge on any atom is -0.478 e. The number of aromatic carboxylic acids is 1. The van der Waals surface area contributed by atoms with Crippen molar-refractivity contribution in [1.29, 1.82) is 5.26 Å². The van der Waals surface area contributed by atoms with Gasteiger partial charge in [0.1, 0.15) is 6.61 Å². The number of benzene rings is 3. The smallest absolute Gasteiger partial charge is 0.335 e. The lowest BCUT2D eigenvalue weighted by Gasteiger charge is -2.41. The minimum absolute atomic E-state index is 0.0343. The van der Waals surface area contributed by atoms with Crippen molar-refractivity contribution in [1.82, 2.24) is 5.32 Å². The third-order valence-electron chi connectivity index (χ3n) is 11.3. The normalized spacial score (nSPS) is 18.6. The maximum absolute atomic E-state index is 14.3. The van der Waals surface area contributed by atoms with Gasteiger partial charge >= 0.3 is 18.0 Å². The number of anilines is 3. The molecule has 6 unspecified atom stereocenters. The fourth-order valence-corrected chi connectivity index (χ4v) is 7.77. The second-order valence-corrected chi connectivity index (χ2v) is 16.0. The zero-order chi connectivity index (χ0) is 43.7. The van der Waals surface area contributed by atoms with Crippen LogP contribution in [0.15, 0.2) is 78.9 Å². The van der Waals surface area contributed by atoms with Gasteiger partial charge in [0.15, 0.2) is 0 Å². The van der Waals surface area contributed by atoms with Crippen molar-refractivity contribution in [2.75, 3.05) is 28.7 Å². The number of hydrogen-bond donors (Lipinski definition) is 5. The molecule has 6 atom stereocenters. The van der Waals surface area contributed by atoms with Gasteiger partial charge in [0.25, 0.3) is 0 Å². The first-order chi connectivity index (χ1) is 27.8. The SMILES string of the molecule is CCC(C)(CC(C#N)CC(C)(CC(C)(C(N)=O)C1C(=O)N(c2ccccc2)C(=O)C1C)C(=O)OCCNC(=O)Nc1ccc(C)cc1)C(=O)Nc1ccc(C(=O)O)cc1. The summed E-state index contributed by atoms with van der Waals surface area (Å²) in [5, 5.41) is 27.9. The van der Waals surface area contributed by atoms with Crippen LogP contribution < -0.4 is 26.6 Å². The third kappa shape index (κ3) is 10.5. The summed E-state index contributed by atoms with van der Waals surface area (Å²) in [7, 11) is 0. The molecule has 3 aromatic rings. The molecule has 0 bridgehead atoms. The summed E-state index contributed by atoms with van der Waals surface area (Å²) in [5.41, 5.74) is 3.65. The molecular formula is C44H52N6O9. The van der Waals surface area contributed by atoms with Crippen LogP contribution in [0.3, 0.4) is 0 Å². The number of nitrogens with one attached hydrogen (secondary N) is 3. The standard InChI is InChI=1S/C44H52N6O9/c1-7-42(4,39(56)48-31-19-15-30(16-20-31)37(53)54)23-29(25-45)24-43(5,40(57)59-22-21-47-41(58)49-32-17-13-27(2)14-18-32)26-44(6,38(46)55)34-28(3)35(51)50(36(34)52)33-11-9-8-10-12-33/h8-20,28-29,34H,7,21-24,26H2,1-6H3,(H2,46,55)(H,48,56)(H,53,54)(H2,47,49,58). The average molecular weight is 809 g/mol. The number of imide groups is 1. The number of ether oxygens (including phenoxy) is 1. The Morgan fingerprint density at radius 1 is 0.881 bits per heavy atom. The first kappa shape index (κ1) is 45.1. The number of carbonyl (C=O) groups excluding carboxylic acids is 6. The number of esters is 1. The summed E-state index contributed by atoms with van der Waals surface area (Å²) in [4.78, 5) is 94.3. The highest BCUT2D eigenvalue weighted by Crippen LogP contribution is 2.50. The summed E-state index contributed by atoms with van der Waals surface area (Å²) >= 11 is 0. The maximum atomic E-state index is 14.3. The fraction of sp³-hybridized carbons (Fsp3) is 0.409. The van der Waals surface area contributed by atoms with E-state index in [0.29, 0.717) is 17.1 Å². The van der Waals surface area contributed by atoms with Crippen molar-refractivity contribution in [3.05, 3.63) is 90.0 Å². The molecule has 312 valence electrons. The van der Waals surface area contributed by atoms with Crippen LogP contribution >= 0.6 is 0 Å². The quantitative estimate of drug-likeness (QED) is 0.0567. The summed E-state index contributed by atoms with van der Waals surface area (Å²) < 4.78 is 5.71. The molecule has 6 amide bonds. The van der Waals surface area contributed by atoms with Crippen LogP contribution in [0.25, 0.3) is 0 Å². The molecule has 4 rings (SSSR count). The Balaban J connectivity index is 1.61. The number of nitrogens with two attached hydrogens (primary N) is 1. The molecule has 3 aromatic carbocycles. The molecule has 1 aliphatic rings. The van der Waals surface area contributed by atoms with Crippen LogP contribution in [-0.4, -0.2) is 59.9 Å². The van der Waals surface area contributed by atoms with Gasteiger partial charge in [0, 0.05) is 28.6 Å². The Labute approximate surface area is 343 Å². The van der Waals surface area contributed by atoms with E-state index in [-0.39, 0.29) is 38.0 Å². The van der Waals surface area contributed by atoms with Gasteiger partial charge in [0.2, 0.25) is 23.6 Å². The highest BCUT2D eigenvalue weighted by atomic mass is 16.5. The molecule has 0 aliphatic carbocycles. The van der Waals surface area contributed by atoms with Gasteiger partial charge in [-0.05, 0) is 95.0 Å².